The second kappa shape index (κ2) is 6.00. The fourth-order valence-corrected chi connectivity index (χ4v) is 2.83. The summed E-state index contributed by atoms with van der Waals surface area (Å²) in [5.74, 6) is -0.754. The molecule has 2 unspecified atom stereocenters. The van der Waals surface area contributed by atoms with Crippen LogP contribution in [-0.2, 0) is 11.0 Å². The van der Waals surface area contributed by atoms with Gasteiger partial charge in [0, 0.05) is 18.2 Å². The molecule has 0 saturated heterocycles. The molecule has 1 fully saturated rings. The van der Waals surface area contributed by atoms with Gasteiger partial charge in [-0.25, -0.2) is 0 Å². The highest BCUT2D eigenvalue weighted by Gasteiger charge is 2.40. The van der Waals surface area contributed by atoms with Gasteiger partial charge in [-0.15, -0.1) is 0 Å². The van der Waals surface area contributed by atoms with Crippen LogP contribution in [0.2, 0.25) is 0 Å². The zero-order valence-corrected chi connectivity index (χ0v) is 12.1. The van der Waals surface area contributed by atoms with Crippen molar-refractivity contribution in [2.24, 2.45) is 10.9 Å². The Bertz CT molecular complexity index is 563. The molecule has 21 heavy (non-hydrogen) atoms. The smallest absolute Gasteiger partial charge is 0.298 e. The number of halogens is 3. The summed E-state index contributed by atoms with van der Waals surface area (Å²) in [6.07, 6.45) is -3.15. The predicted molar refractivity (Wildman–Crippen MR) is 75.6 cm³/mol. The molecule has 1 aliphatic rings. The molecule has 114 valence electrons. The quantitative estimate of drug-likeness (QED) is 0.820. The Balaban J connectivity index is 2.43. The lowest BCUT2D eigenvalue weighted by atomic mass is 9.92. The number of carbonyl (C=O) groups excluding carboxylic acids is 1. The summed E-state index contributed by atoms with van der Waals surface area (Å²) in [6.45, 7) is 4.31. The number of rotatable bonds is 3. The Morgan fingerprint density at radius 1 is 1.29 bits per heavy atom. The van der Waals surface area contributed by atoms with E-state index in [-0.39, 0.29) is 11.7 Å². The molecule has 0 radical (unpaired) electrons. The van der Waals surface area contributed by atoms with Gasteiger partial charge in [-0.05, 0) is 31.4 Å². The Morgan fingerprint density at radius 2 is 2.00 bits per heavy atom. The summed E-state index contributed by atoms with van der Waals surface area (Å²) in [5.41, 5.74) is 0.398. The van der Waals surface area contributed by atoms with Crippen LogP contribution in [0.15, 0.2) is 29.3 Å². The average Bonchev–Trinajstić information content (AvgIpc) is 2.74. The molecule has 0 bridgehead atoms. The fourth-order valence-electron chi connectivity index (χ4n) is 2.83. The average molecular weight is 297 g/mol. The van der Waals surface area contributed by atoms with Gasteiger partial charge in [0.05, 0.1) is 11.5 Å². The number of aliphatic imine (C=N–C) groups is 1. The standard InChI is InChI=1S/C16H18F3NO/c1-3-10-9-13(20-4-2)14(15(10)21)11-6-5-7-12(8-11)16(17,18)19/h5-8,10,14H,3-4,9H2,1-2H3. The van der Waals surface area contributed by atoms with E-state index in [2.05, 4.69) is 4.99 Å². The van der Waals surface area contributed by atoms with E-state index in [1.54, 1.807) is 6.07 Å². The highest BCUT2D eigenvalue weighted by Crippen LogP contribution is 2.37. The zero-order chi connectivity index (χ0) is 15.6. The van der Waals surface area contributed by atoms with Gasteiger partial charge < -0.3 is 0 Å². The highest BCUT2D eigenvalue weighted by atomic mass is 19.4. The summed E-state index contributed by atoms with van der Waals surface area (Å²) in [5, 5.41) is 0. The Kier molecular flexibility index (Phi) is 4.49. The van der Waals surface area contributed by atoms with Gasteiger partial charge in [-0.2, -0.15) is 13.2 Å². The number of benzene rings is 1. The molecule has 5 heteroatoms. The normalized spacial score (nSPS) is 24.8. The van der Waals surface area contributed by atoms with Gasteiger partial charge in [0.25, 0.3) is 0 Å². The molecule has 0 spiro atoms. The number of Topliss-reactive ketones (excluding diaryl/α,β-unsaturated/α-hetero) is 1. The van der Waals surface area contributed by atoms with Crippen LogP contribution in [0.3, 0.4) is 0 Å². The molecular formula is C16H18F3NO. The van der Waals surface area contributed by atoms with Crippen molar-refractivity contribution in [1.82, 2.24) is 0 Å². The minimum atomic E-state index is -4.40. The molecule has 0 aliphatic heterocycles. The van der Waals surface area contributed by atoms with Crippen molar-refractivity contribution in [3.63, 3.8) is 0 Å². The van der Waals surface area contributed by atoms with E-state index in [9.17, 15) is 18.0 Å². The number of carbonyl (C=O) groups is 1. The fraction of sp³-hybridized carbons (Fsp3) is 0.500. The minimum Gasteiger partial charge on any atom is -0.298 e. The molecule has 0 N–H and O–H groups in total. The molecule has 1 aromatic carbocycles. The largest absolute Gasteiger partial charge is 0.416 e. The maximum atomic E-state index is 12.8. The van der Waals surface area contributed by atoms with Crippen LogP contribution in [0.25, 0.3) is 0 Å². The second-order valence-electron chi connectivity index (χ2n) is 5.23. The molecule has 1 aromatic rings. The van der Waals surface area contributed by atoms with Crippen molar-refractivity contribution in [3.05, 3.63) is 35.4 Å². The van der Waals surface area contributed by atoms with Crippen LogP contribution in [0.5, 0.6) is 0 Å². The first-order valence-corrected chi connectivity index (χ1v) is 7.12. The van der Waals surface area contributed by atoms with E-state index in [0.717, 1.165) is 12.1 Å². The van der Waals surface area contributed by atoms with E-state index in [1.807, 2.05) is 13.8 Å². The van der Waals surface area contributed by atoms with Crippen molar-refractivity contribution in [1.29, 1.82) is 0 Å². The topological polar surface area (TPSA) is 29.4 Å². The molecule has 0 heterocycles. The molecule has 0 aromatic heterocycles. The van der Waals surface area contributed by atoms with Crippen LogP contribution in [0.1, 0.15) is 43.7 Å². The van der Waals surface area contributed by atoms with Gasteiger partial charge in [-0.1, -0.05) is 25.1 Å². The van der Waals surface area contributed by atoms with E-state index < -0.39 is 17.7 Å². The first kappa shape index (κ1) is 15.7. The molecule has 2 rings (SSSR count). The second-order valence-corrected chi connectivity index (χ2v) is 5.23. The van der Waals surface area contributed by atoms with E-state index in [0.29, 0.717) is 30.7 Å². The Hall–Kier alpha value is -1.65. The number of nitrogens with zero attached hydrogens (tertiary/aromatic N) is 1. The lowest BCUT2D eigenvalue weighted by molar-refractivity contribution is -0.137. The maximum Gasteiger partial charge on any atom is 0.416 e. The van der Waals surface area contributed by atoms with Crippen molar-refractivity contribution in [2.75, 3.05) is 6.54 Å². The molecule has 0 amide bonds. The van der Waals surface area contributed by atoms with Crippen LogP contribution in [0, 0.1) is 5.92 Å². The number of ketones is 1. The summed E-state index contributed by atoms with van der Waals surface area (Å²) in [7, 11) is 0. The van der Waals surface area contributed by atoms with E-state index >= 15 is 0 Å². The number of alkyl halides is 3. The molecule has 2 atom stereocenters. The van der Waals surface area contributed by atoms with E-state index in [1.165, 1.54) is 6.07 Å². The van der Waals surface area contributed by atoms with Crippen molar-refractivity contribution in [2.45, 2.75) is 38.8 Å². The highest BCUT2D eigenvalue weighted by molar-refractivity contribution is 6.16. The lowest BCUT2D eigenvalue weighted by Gasteiger charge is -2.14. The van der Waals surface area contributed by atoms with Gasteiger partial charge in [0.2, 0.25) is 0 Å². The van der Waals surface area contributed by atoms with Gasteiger partial charge in [-0.3, -0.25) is 9.79 Å². The monoisotopic (exact) mass is 297 g/mol. The Labute approximate surface area is 122 Å². The van der Waals surface area contributed by atoms with Crippen LogP contribution < -0.4 is 0 Å². The van der Waals surface area contributed by atoms with Crippen LogP contribution in [-0.4, -0.2) is 18.0 Å². The van der Waals surface area contributed by atoms with Gasteiger partial charge >= 0.3 is 6.18 Å². The molecule has 1 saturated carbocycles. The first-order chi connectivity index (χ1) is 9.88. The van der Waals surface area contributed by atoms with Crippen LogP contribution in [0.4, 0.5) is 13.2 Å². The van der Waals surface area contributed by atoms with Crippen LogP contribution >= 0.6 is 0 Å². The molecule has 1 aliphatic carbocycles. The lowest BCUT2D eigenvalue weighted by Crippen LogP contribution is -2.16. The van der Waals surface area contributed by atoms with Crippen molar-refractivity contribution < 1.29 is 18.0 Å². The number of hydrogen-bond donors (Lipinski definition) is 0. The third kappa shape index (κ3) is 3.17. The van der Waals surface area contributed by atoms with Gasteiger partial charge in [0.1, 0.15) is 5.78 Å². The summed E-state index contributed by atoms with van der Waals surface area (Å²) in [4.78, 5) is 16.8. The van der Waals surface area contributed by atoms with Crippen molar-refractivity contribution in [3.8, 4) is 0 Å². The summed E-state index contributed by atoms with van der Waals surface area (Å²) < 4.78 is 38.5. The third-order valence-electron chi connectivity index (χ3n) is 3.88. The molecular weight excluding hydrogens is 279 g/mol. The Morgan fingerprint density at radius 3 is 2.57 bits per heavy atom. The van der Waals surface area contributed by atoms with E-state index in [4.69, 9.17) is 0 Å². The first-order valence-electron chi connectivity index (χ1n) is 7.12. The summed E-state index contributed by atoms with van der Waals surface area (Å²) >= 11 is 0. The number of hydrogen-bond acceptors (Lipinski definition) is 2. The zero-order valence-electron chi connectivity index (χ0n) is 12.1. The minimum absolute atomic E-state index is 0.0102. The SMILES string of the molecule is CCN=C1CC(CC)C(=O)C1c1cccc(C(F)(F)F)c1. The summed E-state index contributed by atoms with van der Waals surface area (Å²) in [6, 6.07) is 5.04. The maximum absolute atomic E-state index is 12.8. The van der Waals surface area contributed by atoms with Gasteiger partial charge in [0.15, 0.2) is 0 Å². The molecule has 2 nitrogen and oxygen atoms in total. The van der Waals surface area contributed by atoms with Crippen molar-refractivity contribution >= 4 is 11.5 Å². The third-order valence-corrected chi connectivity index (χ3v) is 3.88. The predicted octanol–water partition coefficient (Wildman–Crippen LogP) is 4.25.